The van der Waals surface area contributed by atoms with Gasteiger partial charge in [-0.1, -0.05) is 56.3 Å². The number of hydrogen-bond acceptors (Lipinski definition) is 4. The Kier molecular flexibility index (Phi) is 3.38. The van der Waals surface area contributed by atoms with Crippen LogP contribution in [-0.4, -0.2) is 34.3 Å². The molecule has 1 aromatic carbocycles. The monoisotopic (exact) mass is 389 g/mol. The molecule has 4 aliphatic rings. The number of Topliss-reactive ketones (excluding diaryl/α,β-unsaturated/α-hetero) is 1. The third-order valence-electron chi connectivity index (χ3n) is 7.53. The molecule has 1 aromatic heterocycles. The highest BCUT2D eigenvalue weighted by molar-refractivity contribution is 5.94. The fraction of sp³-hybridized carbons (Fsp3) is 0.417. The van der Waals surface area contributed by atoms with E-state index in [-0.39, 0.29) is 47.5 Å². The second kappa shape index (κ2) is 5.70. The summed E-state index contributed by atoms with van der Waals surface area (Å²) in [7, 11) is 0. The van der Waals surface area contributed by atoms with Crippen molar-refractivity contribution in [1.82, 2.24) is 4.90 Å². The standard InChI is InChI=1S/C24H23NO4/c1-13-20(17-9-6-12-28-17)25-22(14(2)21(13)26)24-11-10-16(29-24)18(19(24)23(25)27)15-7-4-3-5-8-15/h3-14,16,18-20,22H,1-2H3/t13-,14-,16+,18-,19-,20+,22-,24-/m1/s1. The smallest absolute Gasteiger partial charge is 0.230 e. The Morgan fingerprint density at radius 2 is 1.79 bits per heavy atom. The first-order valence-corrected chi connectivity index (χ1v) is 10.4. The summed E-state index contributed by atoms with van der Waals surface area (Å²) in [4.78, 5) is 29.1. The Balaban J connectivity index is 1.52. The molecule has 1 spiro atoms. The quantitative estimate of drug-likeness (QED) is 0.738. The summed E-state index contributed by atoms with van der Waals surface area (Å²) in [6.45, 7) is 3.85. The summed E-state index contributed by atoms with van der Waals surface area (Å²) >= 11 is 0. The van der Waals surface area contributed by atoms with Gasteiger partial charge in [0.1, 0.15) is 17.1 Å². The SMILES string of the molecule is C[C@@H]1C(=O)[C@H](C)[C@@H](c2ccco2)N2C(=O)[C@H]3[C@H](c4ccccc4)[C@@H]4C=C[C@]3(O4)[C@@H]12. The number of fused-ring (bicyclic) bond motifs is 2. The fourth-order valence-corrected chi connectivity index (χ4v) is 6.42. The normalized spacial score (nSPS) is 42.4. The van der Waals surface area contributed by atoms with Gasteiger partial charge in [-0.25, -0.2) is 0 Å². The second-order valence-electron chi connectivity index (χ2n) is 8.84. The fourth-order valence-electron chi connectivity index (χ4n) is 6.42. The van der Waals surface area contributed by atoms with Crippen molar-refractivity contribution in [2.75, 3.05) is 0 Å². The van der Waals surface area contributed by atoms with E-state index in [0.29, 0.717) is 5.76 Å². The van der Waals surface area contributed by atoms with Crippen LogP contribution < -0.4 is 0 Å². The third kappa shape index (κ3) is 1.99. The molecule has 0 aliphatic carbocycles. The molecule has 0 unspecified atom stereocenters. The van der Waals surface area contributed by atoms with Gasteiger partial charge in [0.05, 0.1) is 30.4 Å². The van der Waals surface area contributed by atoms with E-state index in [1.807, 2.05) is 49.1 Å². The number of amides is 1. The maximum absolute atomic E-state index is 14.0. The summed E-state index contributed by atoms with van der Waals surface area (Å²) in [5, 5.41) is 0. The lowest BCUT2D eigenvalue weighted by Gasteiger charge is -2.46. The van der Waals surface area contributed by atoms with Crippen LogP contribution in [0.5, 0.6) is 0 Å². The molecule has 2 aromatic rings. The molecule has 0 radical (unpaired) electrons. The molecule has 8 atom stereocenters. The Morgan fingerprint density at radius 3 is 2.52 bits per heavy atom. The Bertz CT molecular complexity index is 1010. The molecular weight excluding hydrogens is 366 g/mol. The van der Waals surface area contributed by atoms with Crippen molar-refractivity contribution in [2.24, 2.45) is 17.8 Å². The average molecular weight is 389 g/mol. The highest BCUT2D eigenvalue weighted by Crippen LogP contribution is 2.62. The van der Waals surface area contributed by atoms with Crippen LogP contribution in [0, 0.1) is 17.8 Å². The van der Waals surface area contributed by atoms with E-state index in [9.17, 15) is 9.59 Å². The van der Waals surface area contributed by atoms with Crippen molar-refractivity contribution in [1.29, 1.82) is 0 Å². The number of benzene rings is 1. The van der Waals surface area contributed by atoms with E-state index in [0.717, 1.165) is 5.56 Å². The molecule has 6 rings (SSSR count). The van der Waals surface area contributed by atoms with Crippen LogP contribution in [0.25, 0.3) is 0 Å². The molecule has 5 nitrogen and oxygen atoms in total. The van der Waals surface area contributed by atoms with Crippen molar-refractivity contribution in [3.05, 3.63) is 72.2 Å². The molecule has 1 amide bonds. The van der Waals surface area contributed by atoms with Gasteiger partial charge in [-0.2, -0.15) is 0 Å². The van der Waals surface area contributed by atoms with Gasteiger partial charge in [0.2, 0.25) is 5.91 Å². The largest absolute Gasteiger partial charge is 0.467 e. The molecule has 4 aliphatic heterocycles. The number of carbonyl (C=O) groups is 2. The van der Waals surface area contributed by atoms with Crippen LogP contribution >= 0.6 is 0 Å². The highest BCUT2D eigenvalue weighted by Gasteiger charge is 2.73. The summed E-state index contributed by atoms with van der Waals surface area (Å²) in [5.41, 5.74) is 0.367. The zero-order valence-electron chi connectivity index (χ0n) is 16.4. The topological polar surface area (TPSA) is 59.8 Å². The minimum absolute atomic E-state index is 0.0332. The first-order chi connectivity index (χ1) is 14.0. The summed E-state index contributed by atoms with van der Waals surface area (Å²) in [5.74, 6) is -0.0484. The molecule has 29 heavy (non-hydrogen) atoms. The average Bonchev–Trinajstić information content (AvgIpc) is 3.50. The number of rotatable bonds is 2. The zero-order valence-corrected chi connectivity index (χ0v) is 16.4. The lowest BCUT2D eigenvalue weighted by Crippen LogP contribution is -2.58. The summed E-state index contributed by atoms with van der Waals surface area (Å²) in [6, 6.07) is 13.1. The molecule has 0 N–H and O–H groups in total. The van der Waals surface area contributed by atoms with Crippen molar-refractivity contribution < 1.29 is 18.7 Å². The Hall–Kier alpha value is -2.66. The van der Waals surface area contributed by atoms with Crippen LogP contribution in [0.2, 0.25) is 0 Å². The highest BCUT2D eigenvalue weighted by atomic mass is 16.5. The van der Waals surface area contributed by atoms with E-state index in [1.165, 1.54) is 0 Å². The first-order valence-electron chi connectivity index (χ1n) is 10.4. The number of nitrogens with zero attached hydrogens (tertiary/aromatic N) is 1. The van der Waals surface area contributed by atoms with Crippen LogP contribution in [0.1, 0.15) is 37.1 Å². The van der Waals surface area contributed by atoms with Crippen LogP contribution in [0.3, 0.4) is 0 Å². The van der Waals surface area contributed by atoms with Gasteiger partial charge >= 0.3 is 0 Å². The van der Waals surface area contributed by atoms with Crippen LogP contribution in [0.15, 0.2) is 65.3 Å². The number of carbonyl (C=O) groups excluding carboxylic acids is 2. The lowest BCUT2D eigenvalue weighted by atomic mass is 9.68. The molecule has 5 heteroatoms. The number of hydrogen-bond donors (Lipinski definition) is 0. The molecule has 3 fully saturated rings. The first kappa shape index (κ1) is 17.2. The van der Waals surface area contributed by atoms with Gasteiger partial charge < -0.3 is 14.1 Å². The van der Waals surface area contributed by atoms with Crippen molar-refractivity contribution in [3.63, 3.8) is 0 Å². The number of furan rings is 1. The number of ketones is 1. The summed E-state index contributed by atoms with van der Waals surface area (Å²) in [6.07, 6.45) is 5.62. The molecule has 0 saturated carbocycles. The Morgan fingerprint density at radius 1 is 1.00 bits per heavy atom. The van der Waals surface area contributed by atoms with Gasteiger partial charge in [0.15, 0.2) is 0 Å². The van der Waals surface area contributed by atoms with Crippen molar-refractivity contribution in [3.8, 4) is 0 Å². The third-order valence-corrected chi connectivity index (χ3v) is 7.53. The van der Waals surface area contributed by atoms with E-state index in [1.54, 1.807) is 6.26 Å². The van der Waals surface area contributed by atoms with E-state index in [2.05, 4.69) is 24.3 Å². The zero-order chi connectivity index (χ0) is 19.9. The van der Waals surface area contributed by atoms with Gasteiger partial charge in [0, 0.05) is 17.8 Å². The van der Waals surface area contributed by atoms with Crippen molar-refractivity contribution in [2.45, 2.75) is 43.6 Å². The Labute approximate surface area is 169 Å². The maximum atomic E-state index is 14.0. The van der Waals surface area contributed by atoms with E-state index < -0.39 is 11.6 Å². The predicted octanol–water partition coefficient (Wildman–Crippen LogP) is 3.49. The second-order valence-corrected chi connectivity index (χ2v) is 8.84. The van der Waals surface area contributed by atoms with Crippen LogP contribution in [0.4, 0.5) is 0 Å². The van der Waals surface area contributed by atoms with E-state index in [4.69, 9.17) is 9.15 Å². The molecular formula is C24H23NO4. The molecule has 2 bridgehead atoms. The van der Waals surface area contributed by atoms with Gasteiger partial charge in [0.25, 0.3) is 0 Å². The molecule has 148 valence electrons. The summed E-state index contributed by atoms with van der Waals surface area (Å²) < 4.78 is 12.2. The van der Waals surface area contributed by atoms with Gasteiger partial charge in [-0.05, 0) is 17.7 Å². The minimum atomic E-state index is -0.748. The van der Waals surface area contributed by atoms with Crippen molar-refractivity contribution >= 4 is 11.7 Å². The van der Waals surface area contributed by atoms with E-state index >= 15 is 0 Å². The maximum Gasteiger partial charge on any atom is 0.230 e. The predicted molar refractivity (Wildman–Crippen MR) is 105 cm³/mol. The van der Waals surface area contributed by atoms with Gasteiger partial charge in [-0.15, -0.1) is 0 Å². The lowest BCUT2D eigenvalue weighted by molar-refractivity contribution is -0.151. The van der Waals surface area contributed by atoms with Crippen LogP contribution in [-0.2, 0) is 14.3 Å². The molecule has 5 heterocycles. The minimum Gasteiger partial charge on any atom is -0.467 e. The molecule has 3 saturated heterocycles. The number of ether oxygens (including phenoxy) is 1. The number of piperidine rings is 1. The van der Waals surface area contributed by atoms with Gasteiger partial charge in [-0.3, -0.25) is 9.59 Å².